The number of anilines is 1. The van der Waals surface area contributed by atoms with Crippen LogP contribution in [0.1, 0.15) is 37.8 Å². The number of nitrogens with zero attached hydrogens (tertiary/aromatic N) is 2. The first kappa shape index (κ1) is 13.3. The zero-order valence-electron chi connectivity index (χ0n) is 11.0. The van der Waals surface area contributed by atoms with Crippen LogP contribution in [0.25, 0.3) is 0 Å². The highest BCUT2D eigenvalue weighted by molar-refractivity contribution is 5.42. The van der Waals surface area contributed by atoms with Gasteiger partial charge in [-0.15, -0.1) is 0 Å². The molecule has 1 aliphatic rings. The van der Waals surface area contributed by atoms with Gasteiger partial charge in [0, 0.05) is 31.9 Å². The molecule has 0 aromatic carbocycles. The molecule has 18 heavy (non-hydrogen) atoms. The summed E-state index contributed by atoms with van der Waals surface area (Å²) in [6.07, 6.45) is 5.12. The van der Waals surface area contributed by atoms with Crippen molar-refractivity contribution in [2.45, 2.75) is 32.2 Å². The van der Waals surface area contributed by atoms with Crippen LogP contribution in [-0.2, 0) is 0 Å². The Balaban J connectivity index is 2.08. The van der Waals surface area contributed by atoms with E-state index in [0.717, 1.165) is 30.9 Å². The molecule has 2 heterocycles. The maximum absolute atomic E-state index is 9.04. The molecule has 0 bridgehead atoms. The van der Waals surface area contributed by atoms with E-state index < -0.39 is 0 Å². The maximum Gasteiger partial charge on any atom is 0.128 e. The van der Waals surface area contributed by atoms with Gasteiger partial charge >= 0.3 is 0 Å². The molecule has 2 rings (SSSR count). The number of nitrogens with two attached hydrogens (primary N) is 1. The molecule has 1 aromatic rings. The van der Waals surface area contributed by atoms with Crippen LogP contribution in [0.15, 0.2) is 18.3 Å². The van der Waals surface area contributed by atoms with Gasteiger partial charge in [0.25, 0.3) is 0 Å². The second-order valence-electron chi connectivity index (χ2n) is 5.20. The van der Waals surface area contributed by atoms with Crippen molar-refractivity contribution >= 4 is 5.82 Å². The fraction of sp³-hybridized carbons (Fsp3) is 0.643. The lowest BCUT2D eigenvalue weighted by atomic mass is 9.95. The van der Waals surface area contributed by atoms with E-state index in [2.05, 4.69) is 16.0 Å². The Bertz CT molecular complexity index is 379. The average Bonchev–Trinajstić information content (AvgIpc) is 2.39. The Morgan fingerprint density at radius 1 is 1.61 bits per heavy atom. The second kappa shape index (κ2) is 6.16. The van der Waals surface area contributed by atoms with Crippen molar-refractivity contribution in [1.82, 2.24) is 4.98 Å². The van der Waals surface area contributed by atoms with Crippen LogP contribution in [0.5, 0.6) is 0 Å². The van der Waals surface area contributed by atoms with Crippen molar-refractivity contribution < 1.29 is 5.11 Å². The number of pyridine rings is 1. The lowest BCUT2D eigenvalue weighted by molar-refractivity contribution is 0.244. The number of piperidine rings is 1. The molecule has 1 aliphatic heterocycles. The second-order valence-corrected chi connectivity index (χ2v) is 5.20. The minimum absolute atomic E-state index is 0.0461. The van der Waals surface area contributed by atoms with Crippen LogP contribution >= 0.6 is 0 Å². The summed E-state index contributed by atoms with van der Waals surface area (Å²) in [7, 11) is 0. The highest BCUT2D eigenvalue weighted by atomic mass is 16.3. The molecule has 2 unspecified atom stereocenters. The molecule has 1 aromatic heterocycles. The van der Waals surface area contributed by atoms with E-state index in [1.807, 2.05) is 19.2 Å². The van der Waals surface area contributed by atoms with Crippen LogP contribution in [0.3, 0.4) is 0 Å². The van der Waals surface area contributed by atoms with Gasteiger partial charge < -0.3 is 15.7 Å². The van der Waals surface area contributed by atoms with Crippen LogP contribution in [0.4, 0.5) is 5.82 Å². The molecule has 0 spiro atoms. The molecule has 4 heteroatoms. The first-order chi connectivity index (χ1) is 8.70. The SMILES string of the molecule is CC(N)c1ccnc(N2CCCC(CCO)C2)c1. The number of aliphatic hydroxyl groups is 1. The van der Waals surface area contributed by atoms with Gasteiger partial charge in [-0.2, -0.15) is 0 Å². The molecule has 0 aliphatic carbocycles. The molecule has 1 saturated heterocycles. The van der Waals surface area contributed by atoms with Gasteiger partial charge in [-0.1, -0.05) is 0 Å². The standard InChI is InChI=1S/C14H23N3O/c1-11(15)13-4-6-16-14(9-13)17-7-2-3-12(10-17)5-8-18/h4,6,9,11-12,18H,2-3,5,7-8,10,15H2,1H3. The number of aromatic nitrogens is 1. The zero-order chi connectivity index (χ0) is 13.0. The molecule has 0 saturated carbocycles. The lowest BCUT2D eigenvalue weighted by Crippen LogP contribution is -2.36. The highest BCUT2D eigenvalue weighted by Crippen LogP contribution is 2.24. The van der Waals surface area contributed by atoms with Gasteiger partial charge in [0.15, 0.2) is 0 Å². The normalized spacial score (nSPS) is 21.9. The van der Waals surface area contributed by atoms with Gasteiger partial charge in [-0.3, -0.25) is 0 Å². The van der Waals surface area contributed by atoms with Crippen molar-refractivity contribution in [3.8, 4) is 0 Å². The summed E-state index contributed by atoms with van der Waals surface area (Å²) in [4.78, 5) is 6.76. The summed E-state index contributed by atoms with van der Waals surface area (Å²) in [5.41, 5.74) is 7.04. The topological polar surface area (TPSA) is 62.4 Å². The van der Waals surface area contributed by atoms with Crippen molar-refractivity contribution in [1.29, 1.82) is 0 Å². The largest absolute Gasteiger partial charge is 0.396 e. The van der Waals surface area contributed by atoms with Crippen LogP contribution in [-0.4, -0.2) is 29.8 Å². The molecule has 2 atom stereocenters. The van der Waals surface area contributed by atoms with E-state index >= 15 is 0 Å². The molecule has 100 valence electrons. The number of hydrogen-bond donors (Lipinski definition) is 2. The third-order valence-electron chi connectivity index (χ3n) is 3.68. The first-order valence-electron chi connectivity index (χ1n) is 6.78. The van der Waals surface area contributed by atoms with E-state index in [1.54, 1.807) is 0 Å². The van der Waals surface area contributed by atoms with E-state index in [9.17, 15) is 0 Å². The van der Waals surface area contributed by atoms with Gasteiger partial charge in [0.1, 0.15) is 5.82 Å². The Morgan fingerprint density at radius 2 is 2.44 bits per heavy atom. The van der Waals surface area contributed by atoms with Gasteiger partial charge in [0.2, 0.25) is 0 Å². The summed E-state index contributed by atoms with van der Waals surface area (Å²) in [5.74, 6) is 1.61. The summed E-state index contributed by atoms with van der Waals surface area (Å²) in [6, 6.07) is 4.11. The molecule has 0 amide bonds. The quantitative estimate of drug-likeness (QED) is 0.852. The molecule has 3 N–H and O–H groups in total. The third-order valence-corrected chi connectivity index (χ3v) is 3.68. The summed E-state index contributed by atoms with van der Waals surface area (Å²) < 4.78 is 0. The first-order valence-corrected chi connectivity index (χ1v) is 6.78. The lowest BCUT2D eigenvalue weighted by Gasteiger charge is -2.33. The minimum atomic E-state index is 0.0461. The van der Waals surface area contributed by atoms with Gasteiger partial charge in [-0.05, 0) is 49.8 Å². The molecule has 0 radical (unpaired) electrons. The monoisotopic (exact) mass is 249 g/mol. The predicted octanol–water partition coefficient (Wildman–Crippen LogP) is 1.70. The Labute approximate surface area is 109 Å². The van der Waals surface area contributed by atoms with Crippen LogP contribution < -0.4 is 10.6 Å². The minimum Gasteiger partial charge on any atom is -0.396 e. The summed E-state index contributed by atoms with van der Waals surface area (Å²) in [6.45, 7) is 4.32. The molecular weight excluding hydrogens is 226 g/mol. The molecule has 1 fully saturated rings. The average molecular weight is 249 g/mol. The fourth-order valence-electron chi connectivity index (χ4n) is 2.58. The Morgan fingerprint density at radius 3 is 3.17 bits per heavy atom. The van der Waals surface area contributed by atoms with Crippen molar-refractivity contribution in [3.63, 3.8) is 0 Å². The van der Waals surface area contributed by atoms with E-state index in [-0.39, 0.29) is 12.6 Å². The number of rotatable bonds is 4. The number of aliphatic hydroxyl groups excluding tert-OH is 1. The Kier molecular flexibility index (Phi) is 4.55. The van der Waals surface area contributed by atoms with E-state index in [1.165, 1.54) is 12.8 Å². The van der Waals surface area contributed by atoms with Crippen LogP contribution in [0, 0.1) is 5.92 Å². The summed E-state index contributed by atoms with van der Waals surface area (Å²) >= 11 is 0. The van der Waals surface area contributed by atoms with E-state index in [0.29, 0.717) is 5.92 Å². The van der Waals surface area contributed by atoms with Gasteiger partial charge in [0.05, 0.1) is 0 Å². The van der Waals surface area contributed by atoms with Crippen LogP contribution in [0.2, 0.25) is 0 Å². The predicted molar refractivity (Wildman–Crippen MR) is 73.5 cm³/mol. The van der Waals surface area contributed by atoms with Crippen molar-refractivity contribution in [3.05, 3.63) is 23.9 Å². The van der Waals surface area contributed by atoms with Gasteiger partial charge in [-0.25, -0.2) is 4.98 Å². The molecule has 4 nitrogen and oxygen atoms in total. The third kappa shape index (κ3) is 3.21. The maximum atomic E-state index is 9.04. The zero-order valence-corrected chi connectivity index (χ0v) is 11.0. The number of hydrogen-bond acceptors (Lipinski definition) is 4. The summed E-state index contributed by atoms with van der Waals surface area (Å²) in [5, 5.41) is 9.04. The Hall–Kier alpha value is -1.13. The van der Waals surface area contributed by atoms with E-state index in [4.69, 9.17) is 10.8 Å². The van der Waals surface area contributed by atoms with Crippen molar-refractivity contribution in [2.75, 3.05) is 24.6 Å². The molecular formula is C14H23N3O. The fourth-order valence-corrected chi connectivity index (χ4v) is 2.58. The highest BCUT2D eigenvalue weighted by Gasteiger charge is 2.20. The smallest absolute Gasteiger partial charge is 0.128 e. The van der Waals surface area contributed by atoms with Crippen molar-refractivity contribution in [2.24, 2.45) is 11.7 Å².